The Labute approximate surface area is 144 Å². The summed E-state index contributed by atoms with van der Waals surface area (Å²) in [7, 11) is 1.95. The van der Waals surface area contributed by atoms with E-state index < -0.39 is 5.60 Å². The fourth-order valence-electron chi connectivity index (χ4n) is 3.10. The molecule has 2 heterocycles. The molecule has 1 aromatic rings. The van der Waals surface area contributed by atoms with Gasteiger partial charge in [0, 0.05) is 38.6 Å². The van der Waals surface area contributed by atoms with Crippen LogP contribution < -0.4 is 5.32 Å². The lowest BCUT2D eigenvalue weighted by atomic mass is 10.1. The first-order chi connectivity index (χ1) is 11.3. The van der Waals surface area contributed by atoms with Gasteiger partial charge in [-0.05, 0) is 47.0 Å². The fraction of sp³-hybridized carbons (Fsp3) is 0.824. The van der Waals surface area contributed by atoms with Crippen molar-refractivity contribution in [1.29, 1.82) is 0 Å². The first kappa shape index (κ1) is 18.7. The molecule has 0 aliphatic carbocycles. The minimum absolute atomic E-state index is 0.184. The summed E-state index contributed by atoms with van der Waals surface area (Å²) in [6.45, 7) is 9.55. The van der Waals surface area contributed by atoms with Gasteiger partial charge in [-0.15, -0.1) is 10.2 Å². The zero-order chi connectivity index (χ0) is 17.7. The number of hydrogen-bond acceptors (Lipinski definition) is 5. The Morgan fingerprint density at radius 3 is 2.88 bits per heavy atom. The van der Waals surface area contributed by atoms with Crippen LogP contribution in [0.2, 0.25) is 0 Å². The van der Waals surface area contributed by atoms with E-state index in [-0.39, 0.29) is 12.1 Å². The number of aromatic nitrogens is 3. The molecule has 136 valence electrons. The van der Waals surface area contributed by atoms with Crippen LogP contribution in [0, 0.1) is 0 Å². The third kappa shape index (κ3) is 5.47. The van der Waals surface area contributed by atoms with Gasteiger partial charge in [0.05, 0.1) is 0 Å². The number of aryl methyl sites for hydroxylation is 1. The van der Waals surface area contributed by atoms with Gasteiger partial charge in [-0.3, -0.25) is 0 Å². The Morgan fingerprint density at radius 1 is 1.50 bits per heavy atom. The number of rotatable bonds is 6. The fourth-order valence-corrected chi connectivity index (χ4v) is 3.10. The van der Waals surface area contributed by atoms with Gasteiger partial charge in [-0.25, -0.2) is 4.79 Å². The van der Waals surface area contributed by atoms with Crippen molar-refractivity contribution in [2.45, 2.75) is 71.1 Å². The molecule has 2 unspecified atom stereocenters. The number of likely N-dealkylation sites (tertiary alicyclic amines) is 1. The zero-order valence-corrected chi connectivity index (χ0v) is 15.6. The number of nitrogens with zero attached hydrogens (tertiary/aromatic N) is 4. The molecule has 1 aliphatic rings. The SMILES string of the molecule is CC(CC1CCCN1C(=O)OC(C)(C)C)NCCc1nncn1C. The lowest BCUT2D eigenvalue weighted by Gasteiger charge is -2.30. The second-order valence-electron chi connectivity index (χ2n) is 7.67. The Kier molecular flexibility index (Phi) is 6.21. The first-order valence-corrected chi connectivity index (χ1v) is 8.82. The third-order valence-corrected chi connectivity index (χ3v) is 4.28. The number of carbonyl (C=O) groups is 1. The summed E-state index contributed by atoms with van der Waals surface area (Å²) in [4.78, 5) is 14.2. The third-order valence-electron chi connectivity index (χ3n) is 4.28. The van der Waals surface area contributed by atoms with Gasteiger partial charge in [0.1, 0.15) is 17.8 Å². The van der Waals surface area contributed by atoms with Crippen molar-refractivity contribution in [2.24, 2.45) is 7.05 Å². The van der Waals surface area contributed by atoms with E-state index in [0.29, 0.717) is 6.04 Å². The van der Waals surface area contributed by atoms with E-state index >= 15 is 0 Å². The van der Waals surface area contributed by atoms with Crippen LogP contribution in [0.15, 0.2) is 6.33 Å². The highest BCUT2D eigenvalue weighted by molar-refractivity contribution is 5.68. The predicted octanol–water partition coefficient (Wildman–Crippen LogP) is 2.13. The van der Waals surface area contributed by atoms with Crippen LogP contribution in [0.1, 0.15) is 52.8 Å². The predicted molar refractivity (Wildman–Crippen MR) is 92.8 cm³/mol. The van der Waals surface area contributed by atoms with Crippen molar-refractivity contribution >= 4 is 6.09 Å². The maximum absolute atomic E-state index is 12.3. The minimum Gasteiger partial charge on any atom is -0.444 e. The highest BCUT2D eigenvalue weighted by atomic mass is 16.6. The van der Waals surface area contributed by atoms with E-state index in [2.05, 4.69) is 22.4 Å². The molecule has 2 rings (SSSR count). The van der Waals surface area contributed by atoms with Crippen molar-refractivity contribution in [1.82, 2.24) is 25.0 Å². The lowest BCUT2D eigenvalue weighted by Crippen LogP contribution is -2.42. The van der Waals surface area contributed by atoms with Gasteiger partial charge in [0.2, 0.25) is 0 Å². The van der Waals surface area contributed by atoms with Gasteiger partial charge in [0.25, 0.3) is 0 Å². The summed E-state index contributed by atoms with van der Waals surface area (Å²) in [6, 6.07) is 0.600. The van der Waals surface area contributed by atoms with Crippen LogP contribution in [0.25, 0.3) is 0 Å². The monoisotopic (exact) mass is 337 g/mol. The largest absolute Gasteiger partial charge is 0.444 e. The summed E-state index contributed by atoms with van der Waals surface area (Å²) in [6.07, 6.45) is 5.43. The molecule has 7 heteroatoms. The maximum atomic E-state index is 12.3. The Morgan fingerprint density at radius 2 is 2.25 bits per heavy atom. The Balaban J connectivity index is 1.76. The second-order valence-corrected chi connectivity index (χ2v) is 7.67. The van der Waals surface area contributed by atoms with Gasteiger partial charge < -0.3 is 19.5 Å². The van der Waals surface area contributed by atoms with Crippen molar-refractivity contribution < 1.29 is 9.53 Å². The molecule has 0 bridgehead atoms. The van der Waals surface area contributed by atoms with E-state index in [0.717, 1.165) is 44.6 Å². The summed E-state index contributed by atoms with van der Waals surface area (Å²) < 4.78 is 7.46. The highest BCUT2D eigenvalue weighted by Crippen LogP contribution is 2.24. The average molecular weight is 337 g/mol. The number of hydrogen-bond donors (Lipinski definition) is 1. The number of ether oxygens (including phenoxy) is 1. The molecule has 0 saturated carbocycles. The van der Waals surface area contributed by atoms with Crippen LogP contribution >= 0.6 is 0 Å². The number of carbonyl (C=O) groups excluding carboxylic acids is 1. The molecule has 0 spiro atoms. The van der Waals surface area contributed by atoms with Crippen LogP contribution in [0.3, 0.4) is 0 Å². The molecule has 24 heavy (non-hydrogen) atoms. The van der Waals surface area contributed by atoms with Crippen molar-refractivity contribution in [3.63, 3.8) is 0 Å². The van der Waals surface area contributed by atoms with E-state index in [1.54, 1.807) is 6.33 Å². The molecule has 1 aliphatic heterocycles. The summed E-state index contributed by atoms with van der Waals surface area (Å²) in [5.74, 6) is 0.978. The van der Waals surface area contributed by atoms with Crippen LogP contribution in [0.4, 0.5) is 4.79 Å². The summed E-state index contributed by atoms with van der Waals surface area (Å²) in [5, 5.41) is 11.5. The van der Waals surface area contributed by atoms with Crippen LogP contribution in [-0.4, -0.2) is 56.5 Å². The normalized spacial score (nSPS) is 19.5. The lowest BCUT2D eigenvalue weighted by molar-refractivity contribution is 0.0215. The van der Waals surface area contributed by atoms with Gasteiger partial charge in [0.15, 0.2) is 0 Å². The first-order valence-electron chi connectivity index (χ1n) is 8.82. The standard InChI is InChI=1S/C17H31N5O2/c1-13(18-9-8-15-20-19-12-21(15)5)11-14-7-6-10-22(14)16(23)24-17(2,3)4/h12-14,18H,6-11H2,1-5H3. The van der Waals surface area contributed by atoms with Gasteiger partial charge in [-0.2, -0.15) is 0 Å². The topological polar surface area (TPSA) is 72.3 Å². The molecule has 1 aromatic heterocycles. The maximum Gasteiger partial charge on any atom is 0.410 e. The van der Waals surface area contributed by atoms with Crippen molar-refractivity contribution in [3.05, 3.63) is 12.2 Å². The molecule has 1 N–H and O–H groups in total. The molecular formula is C17H31N5O2. The van der Waals surface area contributed by atoms with E-state index in [4.69, 9.17) is 4.74 Å². The molecule has 0 aromatic carbocycles. The molecule has 0 radical (unpaired) electrons. The zero-order valence-electron chi connectivity index (χ0n) is 15.6. The van der Waals surface area contributed by atoms with Crippen molar-refractivity contribution in [2.75, 3.05) is 13.1 Å². The average Bonchev–Trinajstić information content (AvgIpc) is 3.06. The highest BCUT2D eigenvalue weighted by Gasteiger charge is 2.32. The quantitative estimate of drug-likeness (QED) is 0.861. The summed E-state index contributed by atoms with van der Waals surface area (Å²) in [5.41, 5.74) is -0.440. The molecule has 7 nitrogen and oxygen atoms in total. The Hall–Kier alpha value is -1.63. The molecule has 2 atom stereocenters. The van der Waals surface area contributed by atoms with Crippen LogP contribution in [-0.2, 0) is 18.2 Å². The Bertz CT molecular complexity index is 537. The minimum atomic E-state index is -0.440. The van der Waals surface area contributed by atoms with Crippen LogP contribution in [0.5, 0.6) is 0 Å². The van der Waals surface area contributed by atoms with Gasteiger partial charge in [-0.1, -0.05) is 0 Å². The second kappa shape index (κ2) is 7.96. The van der Waals surface area contributed by atoms with E-state index in [1.165, 1.54) is 0 Å². The number of amides is 1. The van der Waals surface area contributed by atoms with Gasteiger partial charge >= 0.3 is 6.09 Å². The van der Waals surface area contributed by atoms with Crippen molar-refractivity contribution in [3.8, 4) is 0 Å². The molecular weight excluding hydrogens is 306 g/mol. The molecule has 1 fully saturated rings. The number of nitrogens with one attached hydrogen (secondary N) is 1. The van der Waals surface area contributed by atoms with E-state index in [9.17, 15) is 4.79 Å². The molecule has 1 saturated heterocycles. The smallest absolute Gasteiger partial charge is 0.410 e. The summed E-state index contributed by atoms with van der Waals surface area (Å²) >= 11 is 0. The van der Waals surface area contributed by atoms with E-state index in [1.807, 2.05) is 37.3 Å². The molecule has 1 amide bonds.